The van der Waals surface area contributed by atoms with Gasteiger partial charge in [0, 0.05) is 39.0 Å². The monoisotopic (exact) mass is 584 g/mol. The van der Waals surface area contributed by atoms with Crippen LogP contribution in [0, 0.1) is 0 Å². The van der Waals surface area contributed by atoms with E-state index in [1.807, 2.05) is 0 Å². The maximum atomic E-state index is 7.56. The van der Waals surface area contributed by atoms with Gasteiger partial charge in [-0.2, -0.15) is 0 Å². The van der Waals surface area contributed by atoms with Crippen molar-refractivity contribution in [3.8, 4) is 0 Å². The Hall–Kier alpha value is 3.37. The Balaban J connectivity index is -0.0000000376. The van der Waals surface area contributed by atoms with Gasteiger partial charge >= 0.3 is 26.9 Å². The van der Waals surface area contributed by atoms with Gasteiger partial charge in [-0.3, -0.25) is 0 Å². The first-order valence-corrected chi connectivity index (χ1v) is 13.8. The molecule has 0 spiro atoms. The zero-order valence-corrected chi connectivity index (χ0v) is 23.0. The van der Waals surface area contributed by atoms with E-state index in [9.17, 15) is 0 Å². The third kappa shape index (κ3) is 1030. The van der Waals surface area contributed by atoms with Gasteiger partial charge in [0.25, 0.3) is 0 Å². The van der Waals surface area contributed by atoms with Gasteiger partial charge in [0.15, 0.2) is 0 Å². The molecule has 0 aromatic carbocycles. The van der Waals surface area contributed by atoms with Crippen LogP contribution >= 0.6 is 26.9 Å². The van der Waals surface area contributed by atoms with Gasteiger partial charge in [-0.05, 0) is 47.2 Å². The third-order valence-electron chi connectivity index (χ3n) is 0. The van der Waals surface area contributed by atoms with Crippen molar-refractivity contribution < 1.29 is 97.7 Å². The Kier molecular flexibility index (Phi) is 32.4. The van der Waals surface area contributed by atoms with Gasteiger partial charge in [-0.1, -0.05) is 0 Å². The average Bonchev–Trinajstić information content (AvgIpc) is 1.62. The largest absolute Gasteiger partial charge is 0.325 e. The van der Waals surface area contributed by atoms with Gasteiger partial charge in [-0.25, -0.2) is 0 Å². The van der Waals surface area contributed by atoms with E-state index in [2.05, 4.69) is 47.2 Å². The van der Waals surface area contributed by atoms with Crippen molar-refractivity contribution in [2.24, 2.45) is 0 Å². The van der Waals surface area contributed by atoms with E-state index < -0.39 is 26.9 Å². The molecule has 0 heterocycles. The fraction of sp³-hybridized carbons (Fsp3) is 0. The molecule has 0 saturated carbocycles. The summed E-state index contributed by atoms with van der Waals surface area (Å²) in [5.74, 6) is 0. The minimum Gasteiger partial charge on any atom is -0.325 e. The van der Waals surface area contributed by atoms with Crippen LogP contribution in [-0.2, 0) is 86.2 Å². The molecule has 132 valence electrons. The molecule has 0 aliphatic heterocycles. The molecule has 0 saturated heterocycles. The van der Waals surface area contributed by atoms with Crippen molar-refractivity contribution >= 4 is 74.1 Å². The molecular weight excluding hydrogens is 575 g/mol. The molecular formula is H12O12P4S4Zn2. The fourth-order valence-electron chi connectivity index (χ4n) is 0. The van der Waals surface area contributed by atoms with Crippen LogP contribution in [0.15, 0.2) is 0 Å². The van der Waals surface area contributed by atoms with E-state index >= 15 is 0 Å². The van der Waals surface area contributed by atoms with Crippen molar-refractivity contribution in [2.45, 2.75) is 0 Å². The minimum atomic E-state index is -3.81. The maximum absolute atomic E-state index is 7.56. The van der Waals surface area contributed by atoms with E-state index in [1.54, 1.807) is 0 Å². The maximum Gasteiger partial charge on any atom is 0.319 e. The van der Waals surface area contributed by atoms with Gasteiger partial charge < -0.3 is 58.7 Å². The van der Waals surface area contributed by atoms with Crippen LogP contribution in [0.2, 0.25) is 0 Å². The quantitative estimate of drug-likeness (QED) is 0.0984. The summed E-state index contributed by atoms with van der Waals surface area (Å²) in [6.07, 6.45) is 0. The standard InChI is InChI=1S/4H3O3PS.2Zn/c4*1-4(2,3)5;;/h4*(H3,1,2,3,5);;. The zero-order valence-electron chi connectivity index (χ0n) is 10.2. The first-order chi connectivity index (χ1) is 8.00. The van der Waals surface area contributed by atoms with Gasteiger partial charge in [0.1, 0.15) is 0 Å². The van der Waals surface area contributed by atoms with E-state index in [1.165, 1.54) is 0 Å². The Morgan fingerprint density at radius 3 is 0.318 bits per heavy atom. The summed E-state index contributed by atoms with van der Waals surface area (Å²) >= 11 is 14.4. The van der Waals surface area contributed by atoms with Crippen LogP contribution in [0.1, 0.15) is 0 Å². The molecule has 0 radical (unpaired) electrons. The van der Waals surface area contributed by atoms with Gasteiger partial charge in [0.05, 0.1) is 0 Å². The number of rotatable bonds is 0. The molecule has 0 unspecified atom stereocenters. The van der Waals surface area contributed by atoms with E-state index in [0.29, 0.717) is 0 Å². The molecule has 0 amide bonds. The molecule has 12 nitrogen and oxygen atoms in total. The number of hydrogen-bond donors (Lipinski definition) is 12. The molecule has 0 aromatic heterocycles. The average molecular weight is 587 g/mol. The Bertz CT molecular complexity index is 302. The van der Waals surface area contributed by atoms with Gasteiger partial charge in [0.2, 0.25) is 0 Å². The fourth-order valence-corrected chi connectivity index (χ4v) is 0. The molecule has 0 aliphatic carbocycles. The molecule has 22 heteroatoms. The SMILES string of the molecule is OP(O)(O)=S.OP(O)(O)=S.OP(O)(O)=S.OP(O)(O)=S.[Zn].[Zn]. The van der Waals surface area contributed by atoms with Crippen molar-refractivity contribution in [1.82, 2.24) is 0 Å². The van der Waals surface area contributed by atoms with Crippen LogP contribution in [0.25, 0.3) is 0 Å². The summed E-state index contributed by atoms with van der Waals surface area (Å²) in [6, 6.07) is 0. The van der Waals surface area contributed by atoms with Crippen LogP contribution in [-0.4, -0.2) is 58.7 Å². The summed E-state index contributed by atoms with van der Waals surface area (Å²) in [7, 11) is 0. The summed E-state index contributed by atoms with van der Waals surface area (Å²) < 4.78 is 0. The summed E-state index contributed by atoms with van der Waals surface area (Å²) in [5, 5.41) is 0. The predicted molar refractivity (Wildman–Crippen MR) is 83.8 cm³/mol. The van der Waals surface area contributed by atoms with E-state index in [-0.39, 0.29) is 39.0 Å². The van der Waals surface area contributed by atoms with Crippen molar-refractivity contribution in [3.05, 3.63) is 0 Å². The van der Waals surface area contributed by atoms with Crippen LogP contribution in [0.4, 0.5) is 0 Å². The first kappa shape index (κ1) is 40.2. The molecule has 12 N–H and O–H groups in total. The smallest absolute Gasteiger partial charge is 0.319 e. The Morgan fingerprint density at radius 1 is 0.318 bits per heavy atom. The predicted octanol–water partition coefficient (Wildman–Crippen LogP) is -3.25. The summed E-state index contributed by atoms with van der Waals surface area (Å²) in [4.78, 5) is 90.7. The normalized spacial score (nSPS) is 10.7. The summed E-state index contributed by atoms with van der Waals surface area (Å²) in [6.45, 7) is -15.2. The van der Waals surface area contributed by atoms with Gasteiger partial charge in [-0.15, -0.1) is 0 Å². The van der Waals surface area contributed by atoms with Crippen LogP contribution < -0.4 is 0 Å². The number of hydrogen-bond acceptors (Lipinski definition) is 4. The molecule has 0 atom stereocenters. The molecule has 0 bridgehead atoms. The second-order valence-electron chi connectivity index (χ2n) is 2.05. The zero-order chi connectivity index (χ0) is 18.0. The molecule has 0 fully saturated rings. The van der Waals surface area contributed by atoms with Crippen molar-refractivity contribution in [2.75, 3.05) is 0 Å². The van der Waals surface area contributed by atoms with Crippen LogP contribution in [0.5, 0.6) is 0 Å². The molecule has 0 rings (SSSR count). The minimum absolute atomic E-state index is 0. The van der Waals surface area contributed by atoms with E-state index in [4.69, 9.17) is 58.7 Å². The third-order valence-corrected chi connectivity index (χ3v) is 0. The second-order valence-corrected chi connectivity index (χ2v) is 12.0. The van der Waals surface area contributed by atoms with Crippen LogP contribution in [0.3, 0.4) is 0 Å². The van der Waals surface area contributed by atoms with Crippen molar-refractivity contribution in [3.63, 3.8) is 0 Å². The first-order valence-electron chi connectivity index (χ1n) is 3.13. The Labute approximate surface area is 170 Å². The Morgan fingerprint density at radius 2 is 0.318 bits per heavy atom. The summed E-state index contributed by atoms with van der Waals surface area (Å²) in [5.41, 5.74) is 0. The topological polar surface area (TPSA) is 243 Å². The molecule has 22 heavy (non-hydrogen) atoms. The molecule has 0 aromatic rings. The molecule has 0 aliphatic rings. The second kappa shape index (κ2) is 17.8. The van der Waals surface area contributed by atoms with E-state index in [0.717, 1.165) is 0 Å². The van der Waals surface area contributed by atoms with Crippen molar-refractivity contribution in [1.29, 1.82) is 0 Å².